The van der Waals surface area contributed by atoms with Crippen LogP contribution < -0.4 is 4.74 Å². The third-order valence-corrected chi connectivity index (χ3v) is 5.72. The highest BCUT2D eigenvalue weighted by Crippen LogP contribution is 2.51. The second-order valence-electron chi connectivity index (χ2n) is 7.26. The number of benzene rings is 2. The van der Waals surface area contributed by atoms with Crippen LogP contribution in [-0.2, 0) is 0 Å². The van der Waals surface area contributed by atoms with Crippen molar-refractivity contribution in [3.63, 3.8) is 0 Å². The average Bonchev–Trinajstić information content (AvgIpc) is 3.10. The molecule has 4 heteroatoms. The van der Waals surface area contributed by atoms with Crippen molar-refractivity contribution >= 4 is 5.71 Å². The van der Waals surface area contributed by atoms with Gasteiger partial charge < -0.3 is 4.74 Å². The van der Waals surface area contributed by atoms with E-state index in [1.807, 2.05) is 18.2 Å². The summed E-state index contributed by atoms with van der Waals surface area (Å²) in [7, 11) is 0. The fourth-order valence-electron chi connectivity index (χ4n) is 4.48. The molecule has 1 saturated carbocycles. The Balaban J connectivity index is 1.59. The Bertz CT molecular complexity index is 824. The molecule has 2 heterocycles. The van der Waals surface area contributed by atoms with Crippen molar-refractivity contribution in [3.8, 4) is 5.75 Å². The van der Waals surface area contributed by atoms with Crippen molar-refractivity contribution in [3.05, 3.63) is 65.5 Å². The minimum absolute atomic E-state index is 0.211. The van der Waals surface area contributed by atoms with E-state index in [1.54, 1.807) is 0 Å². The van der Waals surface area contributed by atoms with E-state index >= 15 is 0 Å². The minimum atomic E-state index is -0.320. The molecule has 0 radical (unpaired) electrons. The highest BCUT2D eigenvalue weighted by atomic mass is 19.1. The monoisotopic (exact) mass is 336 g/mol. The number of hydrazone groups is 1. The van der Waals surface area contributed by atoms with Gasteiger partial charge in [0.25, 0.3) is 0 Å². The predicted molar refractivity (Wildman–Crippen MR) is 95.0 cm³/mol. The fraction of sp³-hybridized carbons (Fsp3) is 0.381. The van der Waals surface area contributed by atoms with E-state index in [9.17, 15) is 4.39 Å². The van der Waals surface area contributed by atoms with Crippen LogP contribution in [0.5, 0.6) is 5.75 Å². The van der Waals surface area contributed by atoms with E-state index in [0.29, 0.717) is 0 Å². The van der Waals surface area contributed by atoms with Crippen molar-refractivity contribution < 1.29 is 9.13 Å². The van der Waals surface area contributed by atoms with E-state index in [-0.39, 0.29) is 17.6 Å². The highest BCUT2D eigenvalue weighted by molar-refractivity contribution is 6.01. The van der Waals surface area contributed by atoms with Gasteiger partial charge in [-0.2, -0.15) is 5.10 Å². The van der Waals surface area contributed by atoms with Gasteiger partial charge in [-0.15, -0.1) is 0 Å². The van der Waals surface area contributed by atoms with Gasteiger partial charge in [-0.1, -0.05) is 36.8 Å². The quantitative estimate of drug-likeness (QED) is 0.729. The predicted octanol–water partition coefficient (Wildman–Crippen LogP) is 5.03. The lowest BCUT2D eigenvalue weighted by Crippen LogP contribution is -2.54. The van der Waals surface area contributed by atoms with Crippen molar-refractivity contribution in [1.29, 1.82) is 0 Å². The molecule has 0 saturated heterocycles. The van der Waals surface area contributed by atoms with Crippen LogP contribution in [0.4, 0.5) is 4.39 Å². The zero-order valence-electron chi connectivity index (χ0n) is 14.1. The summed E-state index contributed by atoms with van der Waals surface area (Å²) in [5, 5.41) is 7.20. The lowest BCUT2D eigenvalue weighted by molar-refractivity contribution is -0.140. The van der Waals surface area contributed by atoms with Gasteiger partial charge in [-0.05, 0) is 36.6 Å². The van der Waals surface area contributed by atoms with Gasteiger partial charge in [0.15, 0.2) is 5.72 Å². The van der Waals surface area contributed by atoms with Crippen LogP contribution in [0.2, 0.25) is 0 Å². The summed E-state index contributed by atoms with van der Waals surface area (Å²) in [6.07, 6.45) is 6.48. The largest absolute Gasteiger partial charge is 0.466 e. The van der Waals surface area contributed by atoms with Crippen LogP contribution in [0.3, 0.4) is 0 Å². The Morgan fingerprint density at radius 1 is 1.00 bits per heavy atom. The molecule has 128 valence electrons. The summed E-state index contributed by atoms with van der Waals surface area (Å²) in [6, 6.07) is 15.2. The maximum atomic E-state index is 13.3. The summed E-state index contributed by atoms with van der Waals surface area (Å²) in [4.78, 5) is 0. The number of rotatable bonds is 1. The molecule has 25 heavy (non-hydrogen) atoms. The summed E-state index contributed by atoms with van der Waals surface area (Å²) in [5.74, 6) is 0.790. The third-order valence-electron chi connectivity index (χ3n) is 5.72. The molecular formula is C21H21FN2O. The molecule has 5 rings (SSSR count). The number of para-hydroxylation sites is 1. The summed E-state index contributed by atoms with van der Waals surface area (Å²) >= 11 is 0. The number of halogens is 1. The van der Waals surface area contributed by atoms with Gasteiger partial charge in [0.05, 0.1) is 11.8 Å². The van der Waals surface area contributed by atoms with E-state index in [0.717, 1.165) is 36.3 Å². The van der Waals surface area contributed by atoms with Gasteiger partial charge >= 0.3 is 0 Å². The average molecular weight is 336 g/mol. The molecule has 1 fully saturated rings. The first kappa shape index (κ1) is 14.9. The molecule has 0 aromatic heterocycles. The first-order chi connectivity index (χ1) is 12.3. The Kier molecular flexibility index (Phi) is 3.34. The van der Waals surface area contributed by atoms with Crippen LogP contribution in [0.25, 0.3) is 0 Å². The second-order valence-corrected chi connectivity index (χ2v) is 7.26. The first-order valence-corrected chi connectivity index (χ1v) is 9.16. The molecule has 2 aromatic carbocycles. The van der Waals surface area contributed by atoms with Crippen LogP contribution in [-0.4, -0.2) is 16.4 Å². The molecular weight excluding hydrogens is 315 g/mol. The van der Waals surface area contributed by atoms with Gasteiger partial charge in [0, 0.05) is 24.8 Å². The van der Waals surface area contributed by atoms with Crippen molar-refractivity contribution in [2.45, 2.75) is 50.3 Å². The standard InChI is InChI=1S/C21H21FN2O/c22-16-10-8-15(9-11-16)18-14-19-17-6-2-3-7-20(17)25-21(24(19)23-18)12-4-1-5-13-21/h2-3,6-11,19H,1,4-5,12-14H2/t19-/m0/s1. The summed E-state index contributed by atoms with van der Waals surface area (Å²) < 4.78 is 19.8. The molecule has 3 nitrogen and oxygen atoms in total. The first-order valence-electron chi connectivity index (χ1n) is 9.16. The van der Waals surface area contributed by atoms with Crippen molar-refractivity contribution in [1.82, 2.24) is 5.01 Å². The normalized spacial score (nSPS) is 23.6. The van der Waals surface area contributed by atoms with Crippen LogP contribution in [0.15, 0.2) is 53.6 Å². The zero-order valence-corrected chi connectivity index (χ0v) is 14.1. The molecule has 0 unspecified atom stereocenters. The Morgan fingerprint density at radius 3 is 2.56 bits per heavy atom. The second kappa shape index (κ2) is 5.58. The third kappa shape index (κ3) is 2.35. The highest BCUT2D eigenvalue weighted by Gasteiger charge is 2.50. The summed E-state index contributed by atoms with van der Waals surface area (Å²) in [6.45, 7) is 0. The van der Waals surface area contributed by atoms with Crippen LogP contribution in [0.1, 0.15) is 55.7 Å². The molecule has 2 aromatic rings. The van der Waals surface area contributed by atoms with Gasteiger partial charge in [0.2, 0.25) is 0 Å². The smallest absolute Gasteiger partial charge is 0.198 e. The van der Waals surface area contributed by atoms with E-state index in [1.165, 1.54) is 37.0 Å². The molecule has 2 aliphatic heterocycles. The molecule has 0 amide bonds. The van der Waals surface area contributed by atoms with Crippen LogP contribution in [0, 0.1) is 5.82 Å². The molecule has 3 aliphatic rings. The number of nitrogens with zero attached hydrogens (tertiary/aromatic N) is 2. The minimum Gasteiger partial charge on any atom is -0.466 e. The number of ether oxygens (including phenoxy) is 1. The van der Waals surface area contributed by atoms with Crippen molar-refractivity contribution in [2.75, 3.05) is 0 Å². The lowest BCUT2D eigenvalue weighted by atomic mass is 9.86. The molecule has 1 atom stereocenters. The fourth-order valence-corrected chi connectivity index (χ4v) is 4.48. The Labute approximate surface area is 147 Å². The van der Waals surface area contributed by atoms with E-state index < -0.39 is 0 Å². The summed E-state index contributed by atoms with van der Waals surface area (Å²) in [5.41, 5.74) is 2.91. The van der Waals surface area contributed by atoms with E-state index in [2.05, 4.69) is 23.2 Å². The SMILES string of the molecule is Fc1ccc(C2=NN3[C@@H](C2)c2ccccc2OC32CCCCC2)cc1. The zero-order chi connectivity index (χ0) is 16.9. The number of fused-ring (bicyclic) bond motifs is 4. The number of hydrogen-bond acceptors (Lipinski definition) is 3. The van der Waals surface area contributed by atoms with Crippen LogP contribution >= 0.6 is 0 Å². The Hall–Kier alpha value is -2.36. The molecule has 0 N–H and O–H groups in total. The molecule has 1 spiro atoms. The maximum Gasteiger partial charge on any atom is 0.198 e. The Morgan fingerprint density at radius 2 is 1.76 bits per heavy atom. The van der Waals surface area contributed by atoms with Gasteiger partial charge in [-0.25, -0.2) is 9.40 Å². The van der Waals surface area contributed by atoms with Gasteiger partial charge in [-0.3, -0.25) is 0 Å². The van der Waals surface area contributed by atoms with E-state index in [4.69, 9.17) is 9.84 Å². The van der Waals surface area contributed by atoms with Crippen molar-refractivity contribution in [2.24, 2.45) is 5.10 Å². The lowest BCUT2D eigenvalue weighted by Gasteiger charge is -2.49. The number of hydrogen-bond donors (Lipinski definition) is 0. The maximum absolute atomic E-state index is 13.3. The molecule has 0 bridgehead atoms. The topological polar surface area (TPSA) is 24.8 Å². The molecule has 1 aliphatic carbocycles. The van der Waals surface area contributed by atoms with Gasteiger partial charge in [0.1, 0.15) is 11.6 Å².